The number of hydrogen-bond acceptors (Lipinski definition) is 6. The van der Waals surface area contributed by atoms with Gasteiger partial charge in [0, 0.05) is 19.3 Å². The Kier molecular flexibility index (Phi) is 7.53. The number of hydrazine groups is 1. The van der Waals surface area contributed by atoms with Crippen molar-refractivity contribution in [3.8, 4) is 0 Å². The fraction of sp³-hybridized carbons (Fsp3) is 0.389. The van der Waals surface area contributed by atoms with Crippen molar-refractivity contribution in [1.29, 1.82) is 0 Å². The fourth-order valence-electron chi connectivity index (χ4n) is 2.62. The molecule has 2 aromatic rings. The summed E-state index contributed by atoms with van der Waals surface area (Å²) in [6.07, 6.45) is 3.07. The Hall–Kier alpha value is -2.01. The minimum Gasteiger partial charge on any atom is -0.292 e. The third-order valence-electron chi connectivity index (χ3n) is 4.17. The molecule has 0 atom stereocenters. The second kappa shape index (κ2) is 9.46. The summed E-state index contributed by atoms with van der Waals surface area (Å²) in [5.74, 6) is 0.185. The van der Waals surface area contributed by atoms with E-state index < -0.39 is 20.0 Å². The molecule has 0 radical (unpaired) electrons. The maximum Gasteiger partial charge on any atom is 0.257 e. The van der Waals surface area contributed by atoms with Gasteiger partial charge in [0.1, 0.15) is 10.7 Å². The molecule has 1 heterocycles. The molecule has 1 aromatic carbocycles. The van der Waals surface area contributed by atoms with Crippen molar-refractivity contribution in [1.82, 2.24) is 14.1 Å². The third kappa shape index (κ3) is 5.28. The lowest BCUT2D eigenvalue weighted by molar-refractivity contribution is 0.445. The zero-order chi connectivity index (χ0) is 20.8. The highest BCUT2D eigenvalue weighted by atomic mass is 32.2. The van der Waals surface area contributed by atoms with Crippen molar-refractivity contribution in [2.45, 2.75) is 43.4 Å². The molecule has 0 unspecified atom stereocenters. The van der Waals surface area contributed by atoms with Crippen molar-refractivity contribution in [2.24, 2.45) is 0 Å². The van der Waals surface area contributed by atoms with E-state index in [-0.39, 0.29) is 15.6 Å². The van der Waals surface area contributed by atoms with Crippen molar-refractivity contribution < 1.29 is 16.8 Å². The van der Waals surface area contributed by atoms with Gasteiger partial charge in [-0.05, 0) is 36.2 Å². The number of hydrogen-bond donors (Lipinski definition) is 2. The molecule has 2 N–H and O–H groups in total. The van der Waals surface area contributed by atoms with Crippen LogP contribution in [-0.2, 0) is 26.5 Å². The molecule has 154 valence electrons. The third-order valence-corrected chi connectivity index (χ3v) is 7.46. The number of benzene rings is 1. The first-order valence-corrected chi connectivity index (χ1v) is 12.0. The van der Waals surface area contributed by atoms with E-state index in [9.17, 15) is 16.8 Å². The van der Waals surface area contributed by atoms with Crippen LogP contribution in [0.5, 0.6) is 0 Å². The van der Waals surface area contributed by atoms with Gasteiger partial charge in [-0.2, -0.15) is 4.31 Å². The normalized spacial score (nSPS) is 12.3. The maximum atomic E-state index is 12.4. The number of sulfonamides is 2. The Bertz CT molecular complexity index is 969. The Labute approximate surface area is 167 Å². The molecular weight excluding hydrogens is 400 g/mol. The van der Waals surface area contributed by atoms with Gasteiger partial charge in [-0.25, -0.2) is 21.8 Å². The molecule has 0 spiro atoms. The molecule has 0 fully saturated rings. The highest BCUT2D eigenvalue weighted by molar-refractivity contribution is 7.89. The lowest BCUT2D eigenvalue weighted by Gasteiger charge is -2.18. The number of aryl methyl sites for hydroxylation is 1. The van der Waals surface area contributed by atoms with E-state index in [4.69, 9.17) is 0 Å². The highest BCUT2D eigenvalue weighted by Gasteiger charge is 2.22. The Morgan fingerprint density at radius 3 is 2.00 bits per heavy atom. The first-order chi connectivity index (χ1) is 13.2. The van der Waals surface area contributed by atoms with Gasteiger partial charge < -0.3 is 0 Å². The molecule has 28 heavy (non-hydrogen) atoms. The Balaban J connectivity index is 2.08. The van der Waals surface area contributed by atoms with E-state index in [0.717, 1.165) is 18.4 Å². The molecule has 0 aliphatic rings. The molecule has 0 saturated heterocycles. The summed E-state index contributed by atoms with van der Waals surface area (Å²) < 4.78 is 50.9. The van der Waals surface area contributed by atoms with Gasteiger partial charge in [0.05, 0.1) is 4.90 Å². The van der Waals surface area contributed by atoms with E-state index in [2.05, 4.69) is 22.2 Å². The molecule has 2 rings (SSSR count). The van der Waals surface area contributed by atoms with Crippen LogP contribution in [0.4, 0.5) is 5.82 Å². The van der Waals surface area contributed by atoms with Gasteiger partial charge in [0.2, 0.25) is 10.0 Å². The first kappa shape index (κ1) is 22.3. The van der Waals surface area contributed by atoms with Gasteiger partial charge in [0.25, 0.3) is 10.0 Å². The Morgan fingerprint density at radius 1 is 0.893 bits per heavy atom. The number of anilines is 1. The number of nitrogens with one attached hydrogen (secondary N) is 2. The van der Waals surface area contributed by atoms with Crippen LogP contribution in [0.1, 0.15) is 32.8 Å². The molecule has 10 heteroatoms. The molecule has 0 saturated carbocycles. The lowest BCUT2D eigenvalue weighted by Crippen LogP contribution is -2.31. The molecule has 1 aromatic heterocycles. The zero-order valence-corrected chi connectivity index (χ0v) is 17.8. The van der Waals surface area contributed by atoms with Crippen LogP contribution in [-0.4, -0.2) is 39.2 Å². The summed E-state index contributed by atoms with van der Waals surface area (Å²) in [5.41, 5.74) is 3.57. The van der Waals surface area contributed by atoms with Crippen LogP contribution in [0.3, 0.4) is 0 Å². The molecule has 0 amide bonds. The predicted molar refractivity (Wildman–Crippen MR) is 109 cm³/mol. The van der Waals surface area contributed by atoms with E-state index in [0.29, 0.717) is 13.1 Å². The lowest BCUT2D eigenvalue weighted by atomic mass is 10.1. The second-order valence-electron chi connectivity index (χ2n) is 6.09. The number of aromatic nitrogens is 1. The summed E-state index contributed by atoms with van der Waals surface area (Å²) in [7, 11) is -7.39. The van der Waals surface area contributed by atoms with Crippen LogP contribution in [0.2, 0.25) is 0 Å². The van der Waals surface area contributed by atoms with Gasteiger partial charge in [-0.3, -0.25) is 5.43 Å². The van der Waals surface area contributed by atoms with Gasteiger partial charge in [0.15, 0.2) is 0 Å². The van der Waals surface area contributed by atoms with Crippen LogP contribution in [0, 0.1) is 0 Å². The van der Waals surface area contributed by atoms with Gasteiger partial charge in [-0.1, -0.05) is 39.3 Å². The second-order valence-corrected chi connectivity index (χ2v) is 9.71. The van der Waals surface area contributed by atoms with Crippen molar-refractivity contribution in [3.63, 3.8) is 0 Å². The monoisotopic (exact) mass is 426 g/mol. The summed E-state index contributed by atoms with van der Waals surface area (Å²) in [6.45, 7) is 6.29. The first-order valence-electron chi connectivity index (χ1n) is 9.07. The van der Waals surface area contributed by atoms with Crippen LogP contribution >= 0.6 is 0 Å². The molecular formula is C18H26N4O4S2. The number of pyridine rings is 1. The highest BCUT2D eigenvalue weighted by Crippen LogP contribution is 2.16. The van der Waals surface area contributed by atoms with Crippen LogP contribution in [0.15, 0.2) is 52.4 Å². The SMILES string of the molecule is CCCc1ccc(S(=O)(=O)NNc2ccc(S(=O)(=O)N(CC)CC)cn2)cc1. The summed E-state index contributed by atoms with van der Waals surface area (Å²) in [5, 5.41) is 0. The van der Waals surface area contributed by atoms with Gasteiger partial charge in [-0.15, -0.1) is 4.83 Å². The smallest absolute Gasteiger partial charge is 0.257 e. The number of rotatable bonds is 10. The van der Waals surface area contributed by atoms with Gasteiger partial charge >= 0.3 is 0 Å². The van der Waals surface area contributed by atoms with Crippen molar-refractivity contribution >= 4 is 25.9 Å². The Morgan fingerprint density at radius 2 is 1.50 bits per heavy atom. The van der Waals surface area contributed by atoms with Crippen molar-refractivity contribution in [3.05, 3.63) is 48.2 Å². The largest absolute Gasteiger partial charge is 0.292 e. The van der Waals surface area contributed by atoms with E-state index >= 15 is 0 Å². The average molecular weight is 427 g/mol. The molecule has 0 aliphatic carbocycles. The van der Waals surface area contributed by atoms with E-state index in [1.807, 2.05) is 0 Å². The quantitative estimate of drug-likeness (QED) is 0.565. The van der Waals surface area contributed by atoms with E-state index in [1.165, 1.54) is 22.6 Å². The molecule has 0 bridgehead atoms. The number of nitrogens with zero attached hydrogens (tertiary/aromatic N) is 2. The zero-order valence-electron chi connectivity index (χ0n) is 16.2. The van der Waals surface area contributed by atoms with Crippen LogP contribution in [0.25, 0.3) is 0 Å². The van der Waals surface area contributed by atoms with E-state index in [1.54, 1.807) is 38.1 Å². The van der Waals surface area contributed by atoms with Crippen LogP contribution < -0.4 is 10.3 Å². The van der Waals surface area contributed by atoms with Crippen molar-refractivity contribution in [2.75, 3.05) is 18.5 Å². The summed E-state index contributed by atoms with van der Waals surface area (Å²) in [4.78, 5) is 6.41. The fourth-order valence-corrected chi connectivity index (χ4v) is 4.88. The average Bonchev–Trinajstić information content (AvgIpc) is 2.68. The molecule has 8 nitrogen and oxygen atoms in total. The summed E-state index contributed by atoms with van der Waals surface area (Å²) in [6, 6.07) is 9.44. The minimum atomic E-state index is -3.78. The standard InChI is InChI=1S/C18H26N4O4S2/c1-4-7-15-8-10-16(11-9-15)27(23,24)21-20-18-13-12-17(14-19-18)28(25,26)22(5-2)6-3/h8-14,21H,4-7H2,1-3H3,(H,19,20). The summed E-state index contributed by atoms with van der Waals surface area (Å²) >= 11 is 0. The minimum absolute atomic E-state index is 0.0520. The maximum absolute atomic E-state index is 12.4. The molecule has 0 aliphatic heterocycles. The predicted octanol–water partition coefficient (Wildman–Crippen LogP) is 2.37. The topological polar surface area (TPSA) is 108 Å².